The van der Waals surface area contributed by atoms with Gasteiger partial charge >= 0.3 is 18.1 Å². The minimum absolute atomic E-state index is 0.0160. The molecule has 7 saturated heterocycles. The molecule has 79 heavy (non-hydrogen) atoms. The van der Waals surface area contributed by atoms with E-state index in [-0.39, 0.29) is 66.6 Å². The summed E-state index contributed by atoms with van der Waals surface area (Å²) in [5.41, 5.74) is 0. The summed E-state index contributed by atoms with van der Waals surface area (Å²) >= 11 is 34.1. The lowest BCUT2D eigenvalue weighted by Crippen LogP contribution is -2.39. The van der Waals surface area contributed by atoms with Crippen molar-refractivity contribution in [3.63, 3.8) is 0 Å². The van der Waals surface area contributed by atoms with Gasteiger partial charge in [-0.1, -0.05) is 48.9 Å². The van der Waals surface area contributed by atoms with Crippen molar-refractivity contribution in [1.29, 1.82) is 0 Å². The number of carbonyl (C=O) groups is 8. The van der Waals surface area contributed by atoms with Crippen molar-refractivity contribution in [2.75, 3.05) is 127 Å². The first kappa shape index (κ1) is 68.0. The van der Waals surface area contributed by atoms with E-state index < -0.39 is 0 Å². The summed E-state index contributed by atoms with van der Waals surface area (Å²) in [4.78, 5) is 113. The number of aryl methyl sites for hydroxylation is 1. The Morgan fingerprint density at radius 1 is 0.494 bits per heavy atom. The SMILES string of the molecule is CCN1CC(=O)N(C)C1=O.CCN1CC(=O)N(C)C1=S.CCN1CC(=S)N(C)C1=O.CCN1CC(=S)N(C)C1=S.CN1C(=O)C=C2SCCC2C1=O.CN1C(=S)C=C2SCCC2C1=S.CN1CC(=O)N(C)C1=O.Cn1cnnn1. The van der Waals surface area contributed by atoms with Crippen LogP contribution in [0.2, 0.25) is 0 Å². The van der Waals surface area contributed by atoms with Gasteiger partial charge in [-0.3, -0.25) is 48.5 Å². The molecule has 434 valence electrons. The van der Waals surface area contributed by atoms with Crippen molar-refractivity contribution in [2.45, 2.75) is 40.5 Å². The Morgan fingerprint density at radius 3 is 1.27 bits per heavy atom. The number of imide groups is 3. The van der Waals surface area contributed by atoms with E-state index in [0.29, 0.717) is 35.7 Å². The number of amides is 11. The Labute approximate surface area is 503 Å². The van der Waals surface area contributed by atoms with Crippen molar-refractivity contribution in [1.82, 2.24) is 79.0 Å². The zero-order valence-electron chi connectivity index (χ0n) is 46.8. The van der Waals surface area contributed by atoms with E-state index >= 15 is 0 Å². The van der Waals surface area contributed by atoms with Gasteiger partial charge in [0.05, 0.1) is 30.5 Å². The quantitative estimate of drug-likeness (QED) is 0.240. The highest BCUT2D eigenvalue weighted by Crippen LogP contribution is 2.40. The molecule has 10 heterocycles. The van der Waals surface area contributed by atoms with Crippen molar-refractivity contribution in [3.8, 4) is 0 Å². The largest absolute Gasteiger partial charge is 0.342 e. The van der Waals surface area contributed by atoms with Crippen LogP contribution in [-0.4, -0.2) is 284 Å². The van der Waals surface area contributed by atoms with Gasteiger partial charge in [-0.15, -0.1) is 28.6 Å². The fourth-order valence-corrected chi connectivity index (χ4v) is 11.8. The monoisotopic (exact) mass is 1240 g/mol. The number of urea groups is 3. The summed E-state index contributed by atoms with van der Waals surface area (Å²) in [5, 5.41) is 11.7. The predicted octanol–water partition coefficient (Wildman–Crippen LogP) is 3.10. The number of nitrogens with zero attached hydrogens (tertiary/aromatic N) is 16. The summed E-state index contributed by atoms with van der Waals surface area (Å²) in [6.45, 7) is 13.3. The molecule has 0 bridgehead atoms. The van der Waals surface area contributed by atoms with Gasteiger partial charge in [-0.05, 0) is 97.9 Å². The van der Waals surface area contributed by atoms with Crippen molar-refractivity contribution in [3.05, 3.63) is 28.3 Å². The lowest BCUT2D eigenvalue weighted by atomic mass is 10.0. The number of rotatable bonds is 4. The molecule has 9 aliphatic heterocycles. The molecular weight excluding hydrogens is 1170 g/mol. The molecule has 9 aliphatic rings. The van der Waals surface area contributed by atoms with Crippen LogP contribution < -0.4 is 0 Å². The van der Waals surface area contributed by atoms with E-state index in [4.69, 9.17) is 73.3 Å². The molecule has 0 aliphatic carbocycles. The Kier molecular flexibility index (Phi) is 27.3. The van der Waals surface area contributed by atoms with Gasteiger partial charge in [0, 0.05) is 107 Å². The number of carbonyl (C=O) groups excluding carboxylic acids is 8. The van der Waals surface area contributed by atoms with Gasteiger partial charge in [-0.2, -0.15) is 0 Å². The molecule has 0 saturated carbocycles. The first-order chi connectivity index (χ1) is 37.1. The summed E-state index contributed by atoms with van der Waals surface area (Å²) in [6.07, 6.45) is 7.27. The third-order valence-electron chi connectivity index (χ3n) is 12.9. The summed E-state index contributed by atoms with van der Waals surface area (Å²) in [6, 6.07) is -0.389. The molecule has 0 aromatic carbocycles. The zero-order chi connectivity index (χ0) is 59.7. The number of hydrogen-bond acceptors (Lipinski definition) is 19. The molecule has 0 N–H and O–H groups in total. The smallest absolute Gasteiger partial charge is 0.326 e. The van der Waals surface area contributed by atoms with E-state index in [1.807, 2.05) is 61.3 Å². The van der Waals surface area contributed by atoms with Crippen LogP contribution in [0.5, 0.6) is 0 Å². The number of aromatic nitrogens is 4. The molecule has 2 unspecified atom stereocenters. The first-order valence-electron chi connectivity index (χ1n) is 24.8. The Morgan fingerprint density at radius 2 is 0.937 bits per heavy atom. The predicted molar refractivity (Wildman–Crippen MR) is 329 cm³/mol. The molecule has 1 aromatic heterocycles. The Bertz CT molecular complexity index is 2390. The summed E-state index contributed by atoms with van der Waals surface area (Å²) < 4.78 is 1.53. The van der Waals surface area contributed by atoms with Crippen molar-refractivity contribution in [2.24, 2.45) is 18.9 Å². The first-order valence-corrected chi connectivity index (χ1v) is 29.2. The van der Waals surface area contributed by atoms with Crippen LogP contribution >= 0.6 is 96.8 Å². The third kappa shape index (κ3) is 18.1. The van der Waals surface area contributed by atoms with Crippen LogP contribution in [0, 0.1) is 11.8 Å². The van der Waals surface area contributed by atoms with Crippen LogP contribution in [-0.2, 0) is 31.0 Å². The number of hydrogen-bond donors (Lipinski definition) is 0. The Hall–Kier alpha value is -5.25. The molecule has 32 heteroatoms. The molecule has 10 rings (SSSR count). The summed E-state index contributed by atoms with van der Waals surface area (Å²) in [5.74, 6) is 2.24. The second kappa shape index (κ2) is 31.7. The molecule has 0 spiro atoms. The maximum Gasteiger partial charge on any atom is 0.326 e. The second-order valence-electron chi connectivity index (χ2n) is 18.0. The number of tetrazole rings is 1. The molecule has 11 amide bonds. The van der Waals surface area contributed by atoms with Crippen LogP contribution in [0.15, 0.2) is 28.3 Å². The van der Waals surface area contributed by atoms with Crippen LogP contribution in [0.25, 0.3) is 0 Å². The number of thioether (sulfide) groups is 2. The van der Waals surface area contributed by atoms with Crippen LogP contribution in [0.4, 0.5) is 14.4 Å². The fraction of sp³-hybridized carbons (Fsp3) is 0.596. The highest BCUT2D eigenvalue weighted by Gasteiger charge is 2.37. The Balaban J connectivity index is 0.000000239. The highest BCUT2D eigenvalue weighted by atomic mass is 32.2. The number of thiocarbonyl (C=S) groups is 6. The van der Waals surface area contributed by atoms with Gasteiger partial charge in [0.1, 0.15) is 34.4 Å². The molecular formula is C47H70N16O8S8. The highest BCUT2D eigenvalue weighted by molar-refractivity contribution is 8.03. The summed E-state index contributed by atoms with van der Waals surface area (Å²) in [7, 11) is 15.2. The minimum Gasteiger partial charge on any atom is -0.342 e. The van der Waals surface area contributed by atoms with Crippen molar-refractivity contribution >= 4 is 175 Å². The van der Waals surface area contributed by atoms with Gasteiger partial charge in [0.25, 0.3) is 5.91 Å². The standard InChI is InChI=1S/C8H9NO2S.C8H9NS3.C6H10N2O2.2C6H10N2OS.C6H10N2S2.C5H8N2O2.C2H4N4/c2*1-9-7(10)4-6-5(8(9)11)2-3-12-6;1-3-8-4-5(9)7(2)6(8)10;1-3-8-4-5(10)7(2)6(8)9;2*1-3-8-4-5(9)7(2)6(8)10;1-6-3-4(8)7(2)5(6)9;1-6-2-3-4-5-6/h2*4-5H,2-3H2,1H3;4*3-4H2,1-2H3;3H2,1-2H3;2H,1H3. The van der Waals surface area contributed by atoms with Crippen LogP contribution in [0.3, 0.4) is 0 Å². The normalized spacial score (nSPS) is 21.3. The number of likely N-dealkylation sites (N-methyl/N-ethyl adjacent to an activating group) is 12. The average molecular weight is 1240 g/mol. The van der Waals surface area contributed by atoms with Crippen molar-refractivity contribution < 1.29 is 38.4 Å². The topological polar surface area (TPSA) is 219 Å². The van der Waals surface area contributed by atoms with E-state index in [0.717, 1.165) is 73.1 Å². The van der Waals surface area contributed by atoms with E-state index in [9.17, 15) is 38.4 Å². The molecule has 0 radical (unpaired) electrons. The van der Waals surface area contributed by atoms with Gasteiger partial charge < -0.3 is 34.3 Å². The fourth-order valence-electron chi connectivity index (χ4n) is 7.53. The van der Waals surface area contributed by atoms with E-state index in [1.165, 1.54) is 66.7 Å². The molecule has 2 atom stereocenters. The lowest BCUT2D eigenvalue weighted by molar-refractivity contribution is -0.143. The van der Waals surface area contributed by atoms with Gasteiger partial charge in [0.15, 0.2) is 10.2 Å². The third-order valence-corrected chi connectivity index (χ3v) is 18.0. The lowest BCUT2D eigenvalue weighted by Gasteiger charge is -2.28. The van der Waals surface area contributed by atoms with E-state index in [2.05, 4.69) is 33.4 Å². The average Bonchev–Trinajstić information content (AvgIpc) is 4.36. The van der Waals surface area contributed by atoms with E-state index in [1.54, 1.807) is 58.0 Å². The van der Waals surface area contributed by atoms with Crippen LogP contribution in [0.1, 0.15) is 40.5 Å². The second-order valence-corrected chi connectivity index (χ2v) is 22.9. The maximum absolute atomic E-state index is 11.5. The molecule has 7 fully saturated rings. The maximum atomic E-state index is 11.5. The van der Waals surface area contributed by atoms with Gasteiger partial charge in [-0.25, -0.2) is 19.1 Å². The minimum atomic E-state index is -0.222. The number of fused-ring (bicyclic) bond motifs is 2. The van der Waals surface area contributed by atoms with Gasteiger partial charge in [0.2, 0.25) is 23.6 Å². The molecule has 24 nitrogen and oxygen atoms in total. The zero-order valence-corrected chi connectivity index (χ0v) is 53.3. The molecule has 1 aromatic rings.